The van der Waals surface area contributed by atoms with E-state index in [9.17, 15) is 26.0 Å². The van der Waals surface area contributed by atoms with Crippen LogP contribution in [0.2, 0.25) is 0 Å². The van der Waals surface area contributed by atoms with Crippen molar-refractivity contribution in [2.24, 2.45) is 0 Å². The Bertz CT molecular complexity index is 1460. The van der Waals surface area contributed by atoms with Gasteiger partial charge in [0.2, 0.25) is 15.0 Å². The normalized spacial score (nSPS) is 13.0. The summed E-state index contributed by atoms with van der Waals surface area (Å²) in [6, 6.07) is 2.16. The van der Waals surface area contributed by atoms with Crippen LogP contribution in [0.4, 0.5) is 14.9 Å². The van der Waals surface area contributed by atoms with E-state index in [0.717, 1.165) is 24.6 Å². The van der Waals surface area contributed by atoms with Crippen LogP contribution in [0.25, 0.3) is 21.9 Å². The van der Waals surface area contributed by atoms with E-state index in [-0.39, 0.29) is 34.2 Å². The Morgan fingerprint density at radius 3 is 2.25 bits per heavy atom. The number of aromatic amines is 1. The quantitative estimate of drug-likeness (QED) is 0.439. The summed E-state index contributed by atoms with van der Waals surface area (Å²) >= 11 is 0. The molecule has 10 nitrogen and oxygen atoms in total. The van der Waals surface area contributed by atoms with Crippen LogP contribution >= 0.6 is 0 Å². The van der Waals surface area contributed by atoms with Crippen LogP contribution in [-0.2, 0) is 24.4 Å². The molecule has 0 radical (unpaired) electrons. The molecule has 0 spiro atoms. The molecular weight excluding hydrogens is 463 g/mol. The molecule has 0 unspecified atom stereocenters. The molecule has 1 aromatic carbocycles. The molecule has 1 amide bonds. The van der Waals surface area contributed by atoms with E-state index in [2.05, 4.69) is 15.0 Å². The van der Waals surface area contributed by atoms with Gasteiger partial charge in [0.25, 0.3) is 0 Å². The zero-order valence-corrected chi connectivity index (χ0v) is 20.0. The van der Waals surface area contributed by atoms with Crippen molar-refractivity contribution in [3.8, 4) is 0 Å². The van der Waals surface area contributed by atoms with Crippen molar-refractivity contribution >= 4 is 53.4 Å². The van der Waals surface area contributed by atoms with Gasteiger partial charge in [-0.05, 0) is 39.8 Å². The molecule has 3 rings (SSSR count). The number of amides is 1. The van der Waals surface area contributed by atoms with E-state index in [1.165, 1.54) is 4.90 Å². The molecule has 0 bridgehead atoms. The van der Waals surface area contributed by atoms with Gasteiger partial charge in [0.1, 0.15) is 17.1 Å². The summed E-state index contributed by atoms with van der Waals surface area (Å²) in [5.74, 6) is -0.748. The van der Waals surface area contributed by atoms with Crippen LogP contribution in [0.1, 0.15) is 27.7 Å². The molecular formula is C19H23FN4O6S2. The van der Waals surface area contributed by atoms with Crippen LogP contribution in [0.5, 0.6) is 0 Å². The molecule has 13 heteroatoms. The maximum atomic E-state index is 14.6. The van der Waals surface area contributed by atoms with Crippen LogP contribution in [0.15, 0.2) is 22.3 Å². The number of carbonyl (C=O) groups excluding carboxylic acids is 1. The largest absolute Gasteiger partial charge is 0.443 e. The average molecular weight is 487 g/mol. The number of hydrogen-bond acceptors (Lipinski definition) is 8. The first kappa shape index (κ1) is 23.9. The SMILES string of the molecule is CCN(C(=O)OC(C)(C)C)c1cc(F)cc2c1[nH]c1nc(S(C)(=O)=O)nc(S(C)(=O)=O)c12. The van der Waals surface area contributed by atoms with Crippen LogP contribution in [0.3, 0.4) is 0 Å². The molecule has 32 heavy (non-hydrogen) atoms. The predicted octanol–water partition coefficient (Wildman–Crippen LogP) is 2.82. The van der Waals surface area contributed by atoms with Crippen molar-refractivity contribution in [1.82, 2.24) is 15.0 Å². The highest BCUT2D eigenvalue weighted by atomic mass is 32.2. The lowest BCUT2D eigenvalue weighted by Crippen LogP contribution is -2.37. The predicted molar refractivity (Wildman–Crippen MR) is 117 cm³/mol. The van der Waals surface area contributed by atoms with Crippen molar-refractivity contribution in [3.63, 3.8) is 0 Å². The van der Waals surface area contributed by atoms with Gasteiger partial charge < -0.3 is 9.72 Å². The van der Waals surface area contributed by atoms with Gasteiger partial charge in [-0.25, -0.2) is 36.0 Å². The molecule has 0 fully saturated rings. The smallest absolute Gasteiger partial charge is 0.414 e. The van der Waals surface area contributed by atoms with E-state index in [1.807, 2.05) is 0 Å². The Kier molecular flexibility index (Phi) is 5.71. The number of H-pyrrole nitrogens is 1. The minimum Gasteiger partial charge on any atom is -0.443 e. The molecule has 0 aliphatic carbocycles. The molecule has 2 heterocycles. The first-order valence-electron chi connectivity index (χ1n) is 9.46. The standard InChI is InChI=1S/C19H23FN4O6S2/c1-7-24(18(25)30-19(2,3)4)12-9-10(20)8-11-13-15(21-14(11)12)22-17(32(6,28)29)23-16(13)31(5,26)27/h8-9H,7H2,1-6H3,(H,21,22,23). The van der Waals surface area contributed by atoms with Crippen LogP contribution in [0, 0.1) is 5.82 Å². The van der Waals surface area contributed by atoms with Crippen molar-refractivity contribution in [2.45, 2.75) is 43.5 Å². The fourth-order valence-corrected chi connectivity index (χ4v) is 4.56. The van der Waals surface area contributed by atoms with Gasteiger partial charge in [-0.2, -0.15) is 0 Å². The molecule has 2 aromatic heterocycles. The van der Waals surface area contributed by atoms with E-state index in [0.29, 0.717) is 0 Å². The number of halogens is 1. The summed E-state index contributed by atoms with van der Waals surface area (Å²) in [5, 5.41) is -1.25. The average Bonchev–Trinajstić information content (AvgIpc) is 2.96. The number of ether oxygens (including phenoxy) is 1. The Hall–Kier alpha value is -2.80. The number of benzene rings is 1. The van der Waals surface area contributed by atoms with Gasteiger partial charge in [-0.3, -0.25) is 4.90 Å². The second-order valence-corrected chi connectivity index (χ2v) is 12.1. The minimum absolute atomic E-state index is 0.0732. The number of nitrogens with one attached hydrogen (secondary N) is 1. The lowest BCUT2D eigenvalue weighted by molar-refractivity contribution is 0.0582. The Labute approximate surface area is 184 Å². The van der Waals surface area contributed by atoms with Crippen LogP contribution in [-0.4, -0.2) is 62.5 Å². The number of anilines is 1. The highest BCUT2D eigenvalue weighted by Crippen LogP contribution is 2.36. The van der Waals surface area contributed by atoms with E-state index in [1.54, 1.807) is 27.7 Å². The van der Waals surface area contributed by atoms with Gasteiger partial charge >= 0.3 is 6.09 Å². The first-order valence-corrected chi connectivity index (χ1v) is 13.2. The number of rotatable bonds is 4. The molecule has 3 aromatic rings. The lowest BCUT2D eigenvalue weighted by atomic mass is 10.1. The highest BCUT2D eigenvalue weighted by Gasteiger charge is 2.28. The molecule has 0 aliphatic rings. The van der Waals surface area contributed by atoms with E-state index in [4.69, 9.17) is 4.74 Å². The van der Waals surface area contributed by atoms with Crippen molar-refractivity contribution < 1.29 is 30.8 Å². The molecule has 0 saturated carbocycles. The summed E-state index contributed by atoms with van der Waals surface area (Å²) in [7, 11) is -7.98. The maximum Gasteiger partial charge on any atom is 0.414 e. The van der Waals surface area contributed by atoms with Gasteiger partial charge in [0, 0.05) is 24.4 Å². The number of hydrogen-bond donors (Lipinski definition) is 1. The topological polar surface area (TPSA) is 139 Å². The van der Waals surface area contributed by atoms with Gasteiger partial charge in [0.15, 0.2) is 14.9 Å². The zero-order valence-electron chi connectivity index (χ0n) is 18.3. The maximum absolute atomic E-state index is 14.6. The van der Waals surface area contributed by atoms with Gasteiger partial charge in [-0.1, -0.05) is 0 Å². The minimum atomic E-state index is -4.03. The third kappa shape index (κ3) is 4.53. The lowest BCUT2D eigenvalue weighted by Gasteiger charge is -2.27. The molecule has 1 N–H and O–H groups in total. The summed E-state index contributed by atoms with van der Waals surface area (Å²) in [5.41, 5.74) is -0.673. The number of carbonyl (C=O) groups is 1. The van der Waals surface area contributed by atoms with Crippen LogP contribution < -0.4 is 4.90 Å². The molecule has 174 valence electrons. The number of nitrogens with zero attached hydrogens (tertiary/aromatic N) is 3. The summed E-state index contributed by atoms with van der Waals surface area (Å²) in [6.07, 6.45) is 0.964. The first-order chi connectivity index (χ1) is 14.5. The van der Waals surface area contributed by atoms with E-state index >= 15 is 0 Å². The summed E-state index contributed by atoms with van der Waals surface area (Å²) in [4.78, 5) is 24.4. The number of sulfone groups is 2. The van der Waals surface area contributed by atoms with E-state index < -0.39 is 47.4 Å². The third-order valence-corrected chi connectivity index (χ3v) is 6.20. The fraction of sp³-hybridized carbons (Fsp3) is 0.421. The number of aromatic nitrogens is 3. The highest BCUT2D eigenvalue weighted by molar-refractivity contribution is 7.91. The summed E-state index contributed by atoms with van der Waals surface area (Å²) < 4.78 is 68.9. The van der Waals surface area contributed by atoms with Crippen molar-refractivity contribution in [1.29, 1.82) is 0 Å². The second kappa shape index (κ2) is 7.66. The monoisotopic (exact) mass is 486 g/mol. The Morgan fingerprint density at radius 1 is 1.12 bits per heavy atom. The zero-order chi connectivity index (χ0) is 24.2. The molecule has 0 atom stereocenters. The second-order valence-electron chi connectivity index (χ2n) is 8.28. The van der Waals surface area contributed by atoms with Crippen molar-refractivity contribution in [2.75, 3.05) is 24.0 Å². The Balaban J connectivity index is 2.43. The van der Waals surface area contributed by atoms with Crippen molar-refractivity contribution in [3.05, 3.63) is 17.9 Å². The van der Waals surface area contributed by atoms with Gasteiger partial charge in [0.05, 0.1) is 16.6 Å². The molecule has 0 aliphatic heterocycles. The Morgan fingerprint density at radius 2 is 1.75 bits per heavy atom. The summed E-state index contributed by atoms with van der Waals surface area (Å²) in [6.45, 7) is 6.82. The third-order valence-electron chi connectivity index (χ3n) is 4.35. The number of fused-ring (bicyclic) bond motifs is 3. The fourth-order valence-electron chi connectivity index (χ4n) is 3.16. The molecule has 0 saturated heterocycles. The van der Waals surface area contributed by atoms with Gasteiger partial charge in [-0.15, -0.1) is 0 Å².